The minimum atomic E-state index is -0.693. The van der Waals surface area contributed by atoms with Crippen molar-refractivity contribution in [1.82, 2.24) is 9.80 Å². The van der Waals surface area contributed by atoms with Crippen LogP contribution in [0.1, 0.15) is 11.7 Å². The highest BCUT2D eigenvalue weighted by molar-refractivity contribution is 5.83. The highest BCUT2D eigenvalue weighted by Gasteiger charge is 2.30. The number of nitrogens with two attached hydrogens (primary N) is 1. The molecule has 0 aromatic heterocycles. The van der Waals surface area contributed by atoms with Crippen LogP contribution in [0.25, 0.3) is 0 Å². The summed E-state index contributed by atoms with van der Waals surface area (Å²) in [5, 5.41) is 0. The molecule has 2 aromatic rings. The van der Waals surface area contributed by atoms with Crippen LogP contribution < -0.4 is 10.5 Å². The van der Waals surface area contributed by atoms with Gasteiger partial charge in [0.1, 0.15) is 5.75 Å². The number of hydrogen-bond donors (Lipinski definition) is 1. The van der Waals surface area contributed by atoms with E-state index in [2.05, 4.69) is 0 Å². The van der Waals surface area contributed by atoms with Gasteiger partial charge in [-0.3, -0.25) is 14.5 Å². The summed E-state index contributed by atoms with van der Waals surface area (Å²) < 4.78 is 6.03. The number of benzene rings is 2. The first-order valence-corrected chi connectivity index (χ1v) is 8.69. The molecule has 0 radical (unpaired) electrons. The van der Waals surface area contributed by atoms with Crippen molar-refractivity contribution in [3.63, 3.8) is 0 Å². The van der Waals surface area contributed by atoms with Gasteiger partial charge in [-0.15, -0.1) is 0 Å². The molecule has 1 unspecified atom stereocenters. The van der Waals surface area contributed by atoms with Gasteiger partial charge in [0.15, 0.2) is 0 Å². The van der Waals surface area contributed by atoms with Crippen molar-refractivity contribution in [3.8, 4) is 5.75 Å². The van der Waals surface area contributed by atoms with E-state index < -0.39 is 6.10 Å². The Labute approximate surface area is 153 Å². The molecule has 0 aliphatic carbocycles. The number of carbonyl (C=O) groups is 2. The molecule has 1 fully saturated rings. The highest BCUT2D eigenvalue weighted by atomic mass is 16.5. The largest absolute Gasteiger partial charge is 0.476 e. The molecule has 136 valence electrons. The molecule has 0 saturated carbocycles. The Kier molecular flexibility index (Phi) is 5.86. The smallest absolute Gasteiger partial charge is 0.268 e. The van der Waals surface area contributed by atoms with Crippen LogP contribution in [0.5, 0.6) is 5.75 Å². The zero-order valence-electron chi connectivity index (χ0n) is 14.6. The Bertz CT molecular complexity index is 728. The molecule has 1 heterocycles. The Balaban J connectivity index is 1.72. The quantitative estimate of drug-likeness (QED) is 0.853. The first-order chi connectivity index (χ1) is 12.6. The first-order valence-electron chi connectivity index (χ1n) is 8.69. The number of rotatable bonds is 6. The van der Waals surface area contributed by atoms with Crippen LogP contribution in [-0.4, -0.2) is 54.3 Å². The molecule has 1 aliphatic heterocycles. The van der Waals surface area contributed by atoms with E-state index in [1.54, 1.807) is 4.90 Å². The van der Waals surface area contributed by atoms with E-state index in [1.807, 2.05) is 65.6 Å². The van der Waals surface area contributed by atoms with Gasteiger partial charge in [-0.25, -0.2) is 0 Å². The third-order valence-electron chi connectivity index (χ3n) is 4.39. The molecule has 6 heteroatoms. The second-order valence-corrected chi connectivity index (χ2v) is 6.29. The SMILES string of the molecule is NC(=O)CN1CCN(C(=O)C(Oc2ccccc2)c2ccccc2)CC1. The van der Waals surface area contributed by atoms with Gasteiger partial charge in [-0.05, 0) is 12.1 Å². The van der Waals surface area contributed by atoms with Crippen LogP contribution in [0.2, 0.25) is 0 Å². The molecule has 2 aromatic carbocycles. The lowest BCUT2D eigenvalue weighted by Gasteiger charge is -2.35. The summed E-state index contributed by atoms with van der Waals surface area (Å²) in [6.45, 7) is 2.58. The predicted octanol–water partition coefficient (Wildman–Crippen LogP) is 1.44. The molecule has 0 spiro atoms. The summed E-state index contributed by atoms with van der Waals surface area (Å²) in [4.78, 5) is 27.9. The van der Waals surface area contributed by atoms with Gasteiger partial charge in [0, 0.05) is 31.7 Å². The van der Waals surface area contributed by atoms with Gasteiger partial charge in [0.2, 0.25) is 12.0 Å². The molecule has 1 saturated heterocycles. The Morgan fingerprint density at radius 3 is 2.08 bits per heavy atom. The van der Waals surface area contributed by atoms with Crippen LogP contribution in [0.3, 0.4) is 0 Å². The molecule has 26 heavy (non-hydrogen) atoms. The molecular weight excluding hydrogens is 330 g/mol. The van der Waals surface area contributed by atoms with Crippen molar-refractivity contribution in [2.45, 2.75) is 6.10 Å². The molecule has 2 N–H and O–H groups in total. The number of para-hydroxylation sites is 1. The van der Waals surface area contributed by atoms with Crippen molar-refractivity contribution >= 4 is 11.8 Å². The van der Waals surface area contributed by atoms with E-state index in [0.29, 0.717) is 31.9 Å². The standard InChI is InChI=1S/C20H23N3O3/c21-18(24)15-22-11-13-23(14-12-22)20(25)19(16-7-3-1-4-8-16)26-17-9-5-2-6-10-17/h1-10,19H,11-15H2,(H2,21,24). The summed E-state index contributed by atoms with van der Waals surface area (Å²) in [7, 11) is 0. The van der Waals surface area contributed by atoms with E-state index in [-0.39, 0.29) is 18.4 Å². The van der Waals surface area contributed by atoms with E-state index in [1.165, 1.54) is 0 Å². The molecule has 0 bridgehead atoms. The maximum Gasteiger partial charge on any atom is 0.268 e. The lowest BCUT2D eigenvalue weighted by atomic mass is 10.1. The molecular formula is C20H23N3O3. The zero-order chi connectivity index (χ0) is 18.4. The monoisotopic (exact) mass is 353 g/mol. The number of piperazine rings is 1. The molecule has 3 rings (SSSR count). The third kappa shape index (κ3) is 4.61. The van der Waals surface area contributed by atoms with Gasteiger partial charge < -0.3 is 15.4 Å². The van der Waals surface area contributed by atoms with Crippen molar-refractivity contribution in [2.75, 3.05) is 32.7 Å². The van der Waals surface area contributed by atoms with Gasteiger partial charge >= 0.3 is 0 Å². The first kappa shape index (κ1) is 17.9. The fourth-order valence-corrected chi connectivity index (χ4v) is 3.04. The summed E-state index contributed by atoms with van der Waals surface area (Å²) in [5.41, 5.74) is 6.07. The summed E-state index contributed by atoms with van der Waals surface area (Å²) >= 11 is 0. The second kappa shape index (κ2) is 8.49. The van der Waals surface area contributed by atoms with Gasteiger partial charge in [-0.2, -0.15) is 0 Å². The number of hydrogen-bond acceptors (Lipinski definition) is 4. The van der Waals surface area contributed by atoms with E-state index >= 15 is 0 Å². The highest BCUT2D eigenvalue weighted by Crippen LogP contribution is 2.24. The van der Waals surface area contributed by atoms with Gasteiger partial charge in [0.05, 0.1) is 6.54 Å². The van der Waals surface area contributed by atoms with E-state index in [9.17, 15) is 9.59 Å². The lowest BCUT2D eigenvalue weighted by Crippen LogP contribution is -2.52. The van der Waals surface area contributed by atoms with Gasteiger partial charge in [-0.1, -0.05) is 48.5 Å². The Hall–Kier alpha value is -2.86. The van der Waals surface area contributed by atoms with E-state index in [4.69, 9.17) is 10.5 Å². The normalized spacial score (nSPS) is 16.1. The fourth-order valence-electron chi connectivity index (χ4n) is 3.04. The van der Waals surface area contributed by atoms with Crippen molar-refractivity contribution < 1.29 is 14.3 Å². The number of primary amides is 1. The molecule has 2 amide bonds. The minimum Gasteiger partial charge on any atom is -0.476 e. The maximum atomic E-state index is 13.1. The number of ether oxygens (including phenoxy) is 1. The Morgan fingerprint density at radius 2 is 1.50 bits per heavy atom. The Morgan fingerprint density at radius 1 is 0.923 bits per heavy atom. The average Bonchev–Trinajstić information content (AvgIpc) is 2.67. The second-order valence-electron chi connectivity index (χ2n) is 6.29. The van der Waals surface area contributed by atoms with Crippen LogP contribution in [0.15, 0.2) is 60.7 Å². The number of nitrogens with zero attached hydrogens (tertiary/aromatic N) is 2. The topological polar surface area (TPSA) is 75.9 Å². The summed E-state index contributed by atoms with van der Waals surface area (Å²) in [5.74, 6) is 0.236. The molecule has 1 atom stereocenters. The van der Waals surface area contributed by atoms with Crippen molar-refractivity contribution in [1.29, 1.82) is 0 Å². The summed E-state index contributed by atoms with van der Waals surface area (Å²) in [6.07, 6.45) is -0.693. The van der Waals surface area contributed by atoms with Crippen LogP contribution in [-0.2, 0) is 9.59 Å². The lowest BCUT2D eigenvalue weighted by molar-refractivity contribution is -0.141. The summed E-state index contributed by atoms with van der Waals surface area (Å²) in [6, 6.07) is 18.9. The van der Waals surface area contributed by atoms with Crippen molar-refractivity contribution in [2.24, 2.45) is 5.73 Å². The van der Waals surface area contributed by atoms with E-state index in [0.717, 1.165) is 5.56 Å². The number of carbonyl (C=O) groups excluding carboxylic acids is 2. The maximum absolute atomic E-state index is 13.1. The third-order valence-corrected chi connectivity index (χ3v) is 4.39. The van der Waals surface area contributed by atoms with Crippen LogP contribution >= 0.6 is 0 Å². The minimum absolute atomic E-state index is 0.0706. The predicted molar refractivity (Wildman–Crippen MR) is 98.5 cm³/mol. The van der Waals surface area contributed by atoms with Gasteiger partial charge in [0.25, 0.3) is 5.91 Å². The average molecular weight is 353 g/mol. The van der Waals surface area contributed by atoms with Crippen LogP contribution in [0.4, 0.5) is 0 Å². The molecule has 1 aliphatic rings. The van der Waals surface area contributed by atoms with Crippen LogP contribution in [0, 0.1) is 0 Å². The fraction of sp³-hybridized carbons (Fsp3) is 0.300. The number of amides is 2. The van der Waals surface area contributed by atoms with Crippen molar-refractivity contribution in [3.05, 3.63) is 66.2 Å². The molecule has 6 nitrogen and oxygen atoms in total. The zero-order valence-corrected chi connectivity index (χ0v) is 14.6.